The quantitative estimate of drug-likeness (QED) is 0.777. The number of benzene rings is 2. The standard InChI is InChI=1S/C18H21BrN2O2/c1-14-3-7-16(8-4-14)20-18(22)13-21(2)11-12-23-17-9-5-15(19)6-10-17/h3-10H,11-13H2,1-2H3,(H,20,22)/p+1. The van der Waals surface area contributed by atoms with Gasteiger partial charge in [-0.3, -0.25) is 4.79 Å². The van der Waals surface area contributed by atoms with Crippen LogP contribution in [0.15, 0.2) is 53.0 Å². The predicted octanol–water partition coefficient (Wildman–Crippen LogP) is 2.29. The molecule has 2 N–H and O–H groups in total. The highest BCUT2D eigenvalue weighted by atomic mass is 79.9. The van der Waals surface area contributed by atoms with Crippen LogP contribution in [0.3, 0.4) is 0 Å². The molecule has 2 aromatic carbocycles. The van der Waals surface area contributed by atoms with Gasteiger partial charge in [-0.1, -0.05) is 33.6 Å². The third-order valence-electron chi connectivity index (χ3n) is 3.41. The number of hydrogen-bond acceptors (Lipinski definition) is 2. The molecule has 1 unspecified atom stereocenters. The first kappa shape index (κ1) is 17.5. The number of likely N-dealkylation sites (N-methyl/N-ethyl adjacent to an activating group) is 1. The Balaban J connectivity index is 1.69. The van der Waals surface area contributed by atoms with Gasteiger partial charge in [0.2, 0.25) is 0 Å². The van der Waals surface area contributed by atoms with Gasteiger partial charge in [0.25, 0.3) is 5.91 Å². The number of aryl methyl sites for hydroxylation is 1. The Kier molecular flexibility index (Phi) is 6.62. The van der Waals surface area contributed by atoms with Crippen molar-refractivity contribution in [3.63, 3.8) is 0 Å². The lowest BCUT2D eigenvalue weighted by molar-refractivity contribution is -0.871. The van der Waals surface area contributed by atoms with Gasteiger partial charge in [-0.15, -0.1) is 0 Å². The summed E-state index contributed by atoms with van der Waals surface area (Å²) < 4.78 is 6.70. The number of anilines is 1. The molecule has 122 valence electrons. The van der Waals surface area contributed by atoms with Crippen molar-refractivity contribution < 1.29 is 14.4 Å². The summed E-state index contributed by atoms with van der Waals surface area (Å²) in [6, 6.07) is 15.5. The van der Waals surface area contributed by atoms with E-state index < -0.39 is 0 Å². The zero-order chi connectivity index (χ0) is 16.7. The second-order valence-electron chi connectivity index (χ2n) is 5.60. The first-order chi connectivity index (χ1) is 11.0. The van der Waals surface area contributed by atoms with Gasteiger partial charge in [0.1, 0.15) is 18.9 Å². The Morgan fingerprint density at radius 2 is 1.78 bits per heavy atom. The normalized spacial score (nSPS) is 11.8. The molecule has 0 saturated carbocycles. The van der Waals surface area contributed by atoms with Crippen LogP contribution in [0.25, 0.3) is 0 Å². The number of carbonyl (C=O) groups is 1. The van der Waals surface area contributed by atoms with Crippen LogP contribution in [0.2, 0.25) is 0 Å². The minimum atomic E-state index is 0.00925. The van der Waals surface area contributed by atoms with Gasteiger partial charge in [0, 0.05) is 10.2 Å². The fourth-order valence-corrected chi connectivity index (χ4v) is 2.34. The molecular formula is C18H22BrN2O2+. The summed E-state index contributed by atoms with van der Waals surface area (Å²) in [6.45, 7) is 3.77. The zero-order valence-corrected chi connectivity index (χ0v) is 15.0. The number of ether oxygens (including phenoxy) is 1. The van der Waals surface area contributed by atoms with Crippen LogP contribution in [-0.2, 0) is 4.79 Å². The van der Waals surface area contributed by atoms with Crippen molar-refractivity contribution in [2.45, 2.75) is 6.92 Å². The van der Waals surface area contributed by atoms with Crippen LogP contribution in [0.4, 0.5) is 5.69 Å². The number of amides is 1. The summed E-state index contributed by atoms with van der Waals surface area (Å²) in [7, 11) is 1.99. The van der Waals surface area contributed by atoms with E-state index in [1.165, 1.54) is 5.56 Å². The first-order valence-electron chi connectivity index (χ1n) is 7.59. The summed E-state index contributed by atoms with van der Waals surface area (Å²) in [5.74, 6) is 0.847. The van der Waals surface area contributed by atoms with Crippen molar-refractivity contribution in [2.24, 2.45) is 0 Å². The smallest absolute Gasteiger partial charge is 0.279 e. The highest BCUT2D eigenvalue weighted by molar-refractivity contribution is 9.10. The number of carbonyl (C=O) groups excluding carboxylic acids is 1. The molecule has 2 rings (SSSR count). The molecule has 0 aliphatic carbocycles. The summed E-state index contributed by atoms with van der Waals surface area (Å²) in [4.78, 5) is 13.1. The summed E-state index contributed by atoms with van der Waals surface area (Å²) in [6.07, 6.45) is 0. The van der Waals surface area contributed by atoms with E-state index in [9.17, 15) is 4.79 Å². The third kappa shape index (κ3) is 6.42. The fraction of sp³-hybridized carbons (Fsp3) is 0.278. The molecule has 5 heteroatoms. The molecule has 0 spiro atoms. The second kappa shape index (κ2) is 8.70. The van der Waals surface area contributed by atoms with Crippen LogP contribution in [0.1, 0.15) is 5.56 Å². The molecule has 23 heavy (non-hydrogen) atoms. The number of rotatable bonds is 7. The van der Waals surface area contributed by atoms with E-state index in [0.717, 1.165) is 27.4 Å². The Morgan fingerprint density at radius 3 is 2.43 bits per heavy atom. The van der Waals surface area contributed by atoms with Gasteiger partial charge in [-0.05, 0) is 43.3 Å². The van der Waals surface area contributed by atoms with E-state index in [2.05, 4.69) is 21.2 Å². The lowest BCUT2D eigenvalue weighted by Gasteiger charge is -2.14. The summed E-state index contributed by atoms with van der Waals surface area (Å²) in [5, 5.41) is 2.91. The van der Waals surface area contributed by atoms with Crippen molar-refractivity contribution in [1.29, 1.82) is 0 Å². The fourth-order valence-electron chi connectivity index (χ4n) is 2.08. The average molecular weight is 378 g/mol. The molecule has 0 aliphatic heterocycles. The van der Waals surface area contributed by atoms with Gasteiger partial charge >= 0.3 is 0 Å². The van der Waals surface area contributed by atoms with Crippen LogP contribution in [-0.4, -0.2) is 32.7 Å². The Labute approximate surface area is 145 Å². The number of quaternary nitrogens is 1. The van der Waals surface area contributed by atoms with Crippen LogP contribution in [0, 0.1) is 6.92 Å². The Morgan fingerprint density at radius 1 is 1.13 bits per heavy atom. The van der Waals surface area contributed by atoms with E-state index >= 15 is 0 Å². The topological polar surface area (TPSA) is 42.8 Å². The minimum Gasteiger partial charge on any atom is -0.488 e. The molecule has 0 radical (unpaired) electrons. The van der Waals surface area contributed by atoms with E-state index in [-0.39, 0.29) is 5.91 Å². The lowest BCUT2D eigenvalue weighted by Crippen LogP contribution is -3.10. The van der Waals surface area contributed by atoms with Gasteiger partial charge in [-0.25, -0.2) is 0 Å². The Bertz CT molecular complexity index is 626. The molecule has 2 aromatic rings. The number of nitrogens with one attached hydrogen (secondary N) is 2. The number of hydrogen-bond donors (Lipinski definition) is 2. The van der Waals surface area contributed by atoms with Crippen LogP contribution >= 0.6 is 15.9 Å². The van der Waals surface area contributed by atoms with E-state index in [0.29, 0.717) is 13.2 Å². The first-order valence-corrected chi connectivity index (χ1v) is 8.38. The second-order valence-corrected chi connectivity index (χ2v) is 6.52. The van der Waals surface area contributed by atoms with Crippen molar-refractivity contribution in [3.05, 3.63) is 58.6 Å². The van der Waals surface area contributed by atoms with Gasteiger partial charge in [0.05, 0.1) is 7.05 Å². The molecule has 1 atom stereocenters. The number of halogens is 1. The third-order valence-corrected chi connectivity index (χ3v) is 3.94. The lowest BCUT2D eigenvalue weighted by atomic mass is 10.2. The monoisotopic (exact) mass is 377 g/mol. The maximum atomic E-state index is 12.0. The largest absolute Gasteiger partial charge is 0.488 e. The maximum absolute atomic E-state index is 12.0. The molecular weight excluding hydrogens is 356 g/mol. The molecule has 0 aromatic heterocycles. The van der Waals surface area contributed by atoms with E-state index in [4.69, 9.17) is 4.74 Å². The SMILES string of the molecule is Cc1ccc(NC(=O)C[NH+](C)CCOc2ccc(Br)cc2)cc1. The van der Waals surface area contributed by atoms with E-state index in [1.807, 2.05) is 62.5 Å². The molecule has 0 heterocycles. The van der Waals surface area contributed by atoms with Crippen molar-refractivity contribution >= 4 is 27.5 Å². The van der Waals surface area contributed by atoms with Gasteiger partial charge < -0.3 is 15.0 Å². The summed E-state index contributed by atoms with van der Waals surface area (Å²) in [5.41, 5.74) is 2.01. The van der Waals surface area contributed by atoms with Crippen molar-refractivity contribution in [1.82, 2.24) is 0 Å². The van der Waals surface area contributed by atoms with Crippen molar-refractivity contribution in [3.8, 4) is 5.75 Å². The predicted molar refractivity (Wildman–Crippen MR) is 96.1 cm³/mol. The van der Waals surface area contributed by atoms with E-state index in [1.54, 1.807) is 0 Å². The van der Waals surface area contributed by atoms with Crippen LogP contribution < -0.4 is 15.0 Å². The van der Waals surface area contributed by atoms with Crippen molar-refractivity contribution in [2.75, 3.05) is 32.1 Å². The highest BCUT2D eigenvalue weighted by Gasteiger charge is 2.10. The molecule has 0 saturated heterocycles. The molecule has 0 fully saturated rings. The average Bonchev–Trinajstić information content (AvgIpc) is 2.51. The molecule has 1 amide bonds. The molecule has 0 bridgehead atoms. The van der Waals surface area contributed by atoms with Gasteiger partial charge in [0.15, 0.2) is 6.54 Å². The maximum Gasteiger partial charge on any atom is 0.279 e. The summed E-state index contributed by atoms with van der Waals surface area (Å²) >= 11 is 3.39. The Hall–Kier alpha value is -1.85. The highest BCUT2D eigenvalue weighted by Crippen LogP contribution is 2.15. The van der Waals surface area contributed by atoms with Gasteiger partial charge in [-0.2, -0.15) is 0 Å². The molecule has 0 aliphatic rings. The minimum absolute atomic E-state index is 0.00925. The van der Waals surface area contributed by atoms with Crippen LogP contribution in [0.5, 0.6) is 5.75 Å². The zero-order valence-electron chi connectivity index (χ0n) is 13.4. The molecule has 4 nitrogen and oxygen atoms in total.